The van der Waals surface area contributed by atoms with Gasteiger partial charge in [0.05, 0.1) is 24.1 Å². The molecule has 0 aliphatic heterocycles. The highest BCUT2D eigenvalue weighted by Gasteiger charge is 2.26. The second kappa shape index (κ2) is 9.45. The van der Waals surface area contributed by atoms with Crippen molar-refractivity contribution in [2.45, 2.75) is 17.9 Å². The van der Waals surface area contributed by atoms with Gasteiger partial charge in [-0.05, 0) is 60.7 Å². The van der Waals surface area contributed by atoms with Crippen LogP contribution in [0.2, 0.25) is 10.0 Å². The molecule has 0 atom stereocenters. The van der Waals surface area contributed by atoms with Gasteiger partial charge in [-0.2, -0.15) is 4.31 Å². The number of rotatable bonds is 8. The topological polar surface area (TPSA) is 76.8 Å². The molecule has 3 rings (SSSR count). The van der Waals surface area contributed by atoms with Gasteiger partial charge in [-0.3, -0.25) is 4.79 Å². The average molecular weight is 454 g/mol. The average Bonchev–Trinajstić information content (AvgIpc) is 3.20. The Balaban J connectivity index is 1.74. The van der Waals surface area contributed by atoms with E-state index in [0.717, 1.165) is 4.31 Å². The number of ether oxygens (including phenoxy) is 1. The van der Waals surface area contributed by atoms with E-state index in [0.29, 0.717) is 21.6 Å². The van der Waals surface area contributed by atoms with Crippen molar-refractivity contribution in [1.82, 2.24) is 4.31 Å². The molecule has 9 heteroatoms. The number of esters is 1. The summed E-state index contributed by atoms with van der Waals surface area (Å²) in [6.07, 6.45) is 1.31. The van der Waals surface area contributed by atoms with E-state index in [4.69, 9.17) is 32.4 Å². The lowest BCUT2D eigenvalue weighted by molar-refractivity contribution is -0.134. The summed E-state index contributed by atoms with van der Waals surface area (Å²) < 4.78 is 37.8. The molecule has 0 unspecified atom stereocenters. The highest BCUT2D eigenvalue weighted by atomic mass is 35.5. The van der Waals surface area contributed by atoms with Gasteiger partial charge in [-0.1, -0.05) is 23.2 Å². The number of nitrogens with zero attached hydrogens (tertiary/aromatic N) is 1. The summed E-state index contributed by atoms with van der Waals surface area (Å²) in [7, 11) is -3.88. The molecule has 0 amide bonds. The minimum absolute atomic E-state index is 0.0216. The molecule has 1 heterocycles. The molecule has 0 saturated heterocycles. The molecular weight excluding hydrogens is 437 g/mol. The fraction of sp³-hybridized carbons (Fsp3) is 0.150. The molecule has 0 radical (unpaired) electrons. The van der Waals surface area contributed by atoms with E-state index in [1.807, 2.05) is 0 Å². The summed E-state index contributed by atoms with van der Waals surface area (Å²) >= 11 is 11.7. The summed E-state index contributed by atoms with van der Waals surface area (Å²) in [6.45, 7) is -0.107. The first-order valence-electron chi connectivity index (χ1n) is 8.59. The molecule has 0 fully saturated rings. The minimum atomic E-state index is -3.88. The Morgan fingerprint density at radius 1 is 0.966 bits per heavy atom. The number of halogens is 2. The second-order valence-corrected chi connectivity index (χ2v) is 8.86. The van der Waals surface area contributed by atoms with Gasteiger partial charge in [0.25, 0.3) is 0 Å². The Morgan fingerprint density at radius 3 is 2.17 bits per heavy atom. The molecule has 29 heavy (non-hydrogen) atoms. The number of hydrogen-bond acceptors (Lipinski definition) is 5. The van der Waals surface area contributed by atoms with Crippen LogP contribution in [0, 0.1) is 0 Å². The zero-order chi connectivity index (χ0) is 20.9. The van der Waals surface area contributed by atoms with E-state index in [1.165, 1.54) is 30.5 Å². The molecule has 0 saturated carbocycles. The van der Waals surface area contributed by atoms with Crippen molar-refractivity contribution in [2.24, 2.45) is 0 Å². The predicted molar refractivity (Wildman–Crippen MR) is 109 cm³/mol. The first kappa shape index (κ1) is 21.4. The van der Waals surface area contributed by atoms with Crippen LogP contribution < -0.4 is 4.74 Å². The van der Waals surface area contributed by atoms with Gasteiger partial charge in [0.15, 0.2) is 0 Å². The quantitative estimate of drug-likeness (QED) is 0.362. The van der Waals surface area contributed by atoms with Crippen LogP contribution in [0.25, 0.3) is 0 Å². The van der Waals surface area contributed by atoms with E-state index < -0.39 is 16.0 Å². The SMILES string of the molecule is O=C(CCN(Cc1ccco1)S(=O)(=O)c1ccc(Cl)cc1)Oc1ccc(Cl)cc1. The van der Waals surface area contributed by atoms with Crippen LogP contribution in [0.3, 0.4) is 0 Å². The van der Waals surface area contributed by atoms with Crippen molar-refractivity contribution in [2.75, 3.05) is 6.54 Å². The lowest BCUT2D eigenvalue weighted by atomic mass is 10.3. The van der Waals surface area contributed by atoms with Crippen molar-refractivity contribution in [1.29, 1.82) is 0 Å². The maximum absolute atomic E-state index is 13.1. The van der Waals surface area contributed by atoms with Gasteiger partial charge < -0.3 is 9.15 Å². The Morgan fingerprint density at radius 2 is 1.59 bits per heavy atom. The Bertz CT molecular complexity index is 1050. The van der Waals surface area contributed by atoms with Crippen LogP contribution in [0.15, 0.2) is 76.2 Å². The van der Waals surface area contributed by atoms with Crippen molar-refractivity contribution < 1.29 is 22.4 Å². The molecule has 2 aromatic carbocycles. The molecule has 0 bridgehead atoms. The summed E-state index contributed by atoms with van der Waals surface area (Å²) in [5.74, 6) is 0.217. The Kier molecular flexibility index (Phi) is 6.97. The monoisotopic (exact) mass is 453 g/mol. The highest BCUT2D eigenvalue weighted by molar-refractivity contribution is 7.89. The van der Waals surface area contributed by atoms with Gasteiger partial charge in [0.1, 0.15) is 11.5 Å². The van der Waals surface area contributed by atoms with Crippen LogP contribution in [-0.4, -0.2) is 25.2 Å². The number of carbonyl (C=O) groups is 1. The summed E-state index contributed by atoms with van der Waals surface area (Å²) in [6, 6.07) is 15.5. The fourth-order valence-electron chi connectivity index (χ4n) is 2.52. The highest BCUT2D eigenvalue weighted by Crippen LogP contribution is 2.22. The third-order valence-corrected chi connectivity index (χ3v) is 6.34. The number of hydrogen-bond donors (Lipinski definition) is 0. The van der Waals surface area contributed by atoms with Crippen molar-refractivity contribution in [3.05, 3.63) is 82.7 Å². The summed E-state index contributed by atoms with van der Waals surface area (Å²) in [5.41, 5.74) is 0. The van der Waals surface area contributed by atoms with Crippen LogP contribution in [-0.2, 0) is 21.4 Å². The van der Waals surface area contributed by atoms with Gasteiger partial charge in [0, 0.05) is 16.6 Å². The summed E-state index contributed by atoms with van der Waals surface area (Å²) in [5, 5.41) is 0.941. The van der Waals surface area contributed by atoms with Crippen molar-refractivity contribution in [3.8, 4) is 5.75 Å². The van der Waals surface area contributed by atoms with Crippen LogP contribution >= 0.6 is 23.2 Å². The number of furan rings is 1. The number of carbonyl (C=O) groups excluding carboxylic acids is 1. The molecule has 0 aliphatic rings. The Hall–Kier alpha value is -2.32. The van der Waals surface area contributed by atoms with E-state index in [1.54, 1.807) is 36.4 Å². The molecule has 0 aliphatic carbocycles. The molecular formula is C20H17Cl2NO5S. The van der Waals surface area contributed by atoms with Crippen molar-refractivity contribution >= 4 is 39.2 Å². The third kappa shape index (κ3) is 5.83. The van der Waals surface area contributed by atoms with Crippen LogP contribution in [0.5, 0.6) is 5.75 Å². The molecule has 152 valence electrons. The maximum Gasteiger partial charge on any atom is 0.312 e. The minimum Gasteiger partial charge on any atom is -0.468 e. The van der Waals surface area contributed by atoms with Crippen molar-refractivity contribution in [3.63, 3.8) is 0 Å². The number of benzene rings is 2. The largest absolute Gasteiger partial charge is 0.468 e. The zero-order valence-electron chi connectivity index (χ0n) is 15.1. The first-order chi connectivity index (χ1) is 13.8. The molecule has 3 aromatic rings. The molecule has 0 spiro atoms. The third-order valence-electron chi connectivity index (χ3n) is 3.97. The van der Waals surface area contributed by atoms with Gasteiger partial charge >= 0.3 is 5.97 Å². The van der Waals surface area contributed by atoms with E-state index in [-0.39, 0.29) is 24.4 Å². The smallest absolute Gasteiger partial charge is 0.312 e. The molecule has 1 aromatic heterocycles. The zero-order valence-corrected chi connectivity index (χ0v) is 17.5. The van der Waals surface area contributed by atoms with Gasteiger partial charge in [-0.25, -0.2) is 8.42 Å². The molecule has 0 N–H and O–H groups in total. The lowest BCUT2D eigenvalue weighted by Gasteiger charge is -2.21. The number of sulfonamides is 1. The predicted octanol–water partition coefficient (Wildman–Crippen LogP) is 4.77. The van der Waals surface area contributed by atoms with E-state index in [2.05, 4.69) is 0 Å². The standard InChI is InChI=1S/C20H17Cl2NO5S/c21-15-3-7-17(8-4-15)28-20(24)11-12-23(14-18-2-1-13-27-18)29(25,26)19-9-5-16(22)6-10-19/h1-10,13H,11-12,14H2. The maximum atomic E-state index is 13.1. The van der Waals surface area contributed by atoms with E-state index >= 15 is 0 Å². The fourth-order valence-corrected chi connectivity index (χ4v) is 4.18. The van der Waals surface area contributed by atoms with E-state index in [9.17, 15) is 13.2 Å². The van der Waals surface area contributed by atoms with Crippen LogP contribution in [0.4, 0.5) is 0 Å². The Labute approximate surface area is 178 Å². The summed E-state index contributed by atoms with van der Waals surface area (Å²) in [4.78, 5) is 12.3. The lowest BCUT2D eigenvalue weighted by Crippen LogP contribution is -2.33. The second-order valence-electron chi connectivity index (χ2n) is 6.05. The van der Waals surface area contributed by atoms with Gasteiger partial charge in [0.2, 0.25) is 10.0 Å². The molecule has 6 nitrogen and oxygen atoms in total. The van der Waals surface area contributed by atoms with Crippen LogP contribution in [0.1, 0.15) is 12.2 Å². The normalized spacial score (nSPS) is 11.6. The first-order valence-corrected chi connectivity index (χ1v) is 10.8. The van der Waals surface area contributed by atoms with Gasteiger partial charge in [-0.15, -0.1) is 0 Å².